The number of hydrogen-bond acceptors (Lipinski definition) is 8. The third-order valence-corrected chi connectivity index (χ3v) is 4.38. The predicted molar refractivity (Wildman–Crippen MR) is 80.6 cm³/mol. The van der Waals surface area contributed by atoms with Gasteiger partial charge in [0.15, 0.2) is 0 Å². The van der Waals surface area contributed by atoms with Gasteiger partial charge in [0.05, 0.1) is 0 Å². The molecule has 2 aromatic rings. The fraction of sp³-hybridized carbons (Fsp3) is 0.250. The number of para-hydroxylation sites is 1. The highest BCUT2D eigenvalue weighted by Crippen LogP contribution is 2.21. The first-order chi connectivity index (χ1) is 10.1. The molecule has 2 rings (SSSR count). The van der Waals surface area contributed by atoms with Gasteiger partial charge in [-0.15, -0.1) is 0 Å². The van der Waals surface area contributed by atoms with E-state index in [9.17, 15) is 16.8 Å². The van der Waals surface area contributed by atoms with Crippen LogP contribution in [0.5, 0.6) is 0 Å². The molecule has 0 fully saturated rings. The van der Waals surface area contributed by atoms with Crippen molar-refractivity contribution in [3.05, 3.63) is 30.3 Å². The van der Waals surface area contributed by atoms with Gasteiger partial charge in [0.2, 0.25) is 25.6 Å². The highest BCUT2D eigenvalue weighted by atomic mass is 32.2. The summed E-state index contributed by atoms with van der Waals surface area (Å²) in [5.41, 5.74) is 0.674. The lowest BCUT2D eigenvalue weighted by Gasteiger charge is -2.17. The van der Waals surface area contributed by atoms with E-state index in [1.807, 2.05) is 6.07 Å². The molecule has 0 radical (unpaired) electrons. The Balaban J connectivity index is 2.66. The zero-order valence-corrected chi connectivity index (χ0v) is 13.8. The average Bonchev–Trinajstić information content (AvgIpc) is 2.45. The Labute approximate surface area is 128 Å². The zero-order valence-electron chi connectivity index (χ0n) is 12.1. The Kier molecular flexibility index (Phi) is 4.16. The van der Waals surface area contributed by atoms with Crippen LogP contribution < -0.4 is 4.90 Å². The van der Waals surface area contributed by atoms with Gasteiger partial charge in [-0.2, -0.15) is 15.0 Å². The van der Waals surface area contributed by atoms with E-state index in [0.29, 0.717) is 5.69 Å². The molecule has 8 nitrogen and oxygen atoms in total. The second-order valence-corrected chi connectivity index (χ2v) is 8.46. The summed E-state index contributed by atoms with van der Waals surface area (Å²) in [6, 6.07) is 8.88. The molecular formula is C12H14N4O4S2. The van der Waals surface area contributed by atoms with Gasteiger partial charge < -0.3 is 4.90 Å². The van der Waals surface area contributed by atoms with Gasteiger partial charge in [0.1, 0.15) is 0 Å². The second-order valence-electron chi connectivity index (χ2n) is 4.64. The number of aromatic nitrogens is 3. The van der Waals surface area contributed by atoms with E-state index in [0.717, 1.165) is 12.5 Å². The standard InChI is InChI=1S/C12H14N4O4S2/c1-16(9-7-5-4-6-8-9)10-13-11(21(2,17)18)15-12(14-10)22(3,19)20/h4-8H,1-3H3. The largest absolute Gasteiger partial charge is 0.313 e. The number of anilines is 2. The third kappa shape index (κ3) is 3.57. The SMILES string of the molecule is CN(c1ccccc1)c1nc(S(C)(=O)=O)nc(S(C)(=O)=O)n1. The summed E-state index contributed by atoms with van der Waals surface area (Å²) >= 11 is 0. The number of benzene rings is 1. The first kappa shape index (κ1) is 16.3. The minimum atomic E-state index is -3.78. The van der Waals surface area contributed by atoms with Gasteiger partial charge >= 0.3 is 0 Å². The molecule has 10 heteroatoms. The first-order valence-electron chi connectivity index (χ1n) is 6.04. The lowest BCUT2D eigenvalue weighted by Crippen LogP contribution is -2.19. The Bertz CT molecular complexity index is 846. The summed E-state index contributed by atoms with van der Waals surface area (Å²) in [5, 5.41) is -1.17. The predicted octanol–water partition coefficient (Wildman–Crippen LogP) is 0.446. The molecule has 1 heterocycles. The van der Waals surface area contributed by atoms with E-state index >= 15 is 0 Å². The Hall–Kier alpha value is -2.07. The molecule has 0 amide bonds. The van der Waals surface area contributed by atoms with Crippen molar-refractivity contribution in [3.8, 4) is 0 Å². The quantitative estimate of drug-likeness (QED) is 0.787. The highest BCUT2D eigenvalue weighted by molar-refractivity contribution is 7.91. The molecule has 0 spiro atoms. The maximum atomic E-state index is 11.7. The Morgan fingerprint density at radius 1 is 0.818 bits per heavy atom. The van der Waals surface area contributed by atoms with E-state index in [1.54, 1.807) is 31.3 Å². The molecule has 0 aliphatic rings. The molecule has 0 saturated heterocycles. The minimum absolute atomic E-state index is 0.0675. The molecule has 0 bridgehead atoms. The van der Waals surface area contributed by atoms with Crippen molar-refractivity contribution >= 4 is 31.3 Å². The molecular weight excluding hydrogens is 328 g/mol. The number of rotatable bonds is 4. The Morgan fingerprint density at radius 3 is 1.68 bits per heavy atom. The summed E-state index contributed by atoms with van der Waals surface area (Å²) in [7, 11) is -5.95. The second kappa shape index (κ2) is 5.61. The zero-order chi connectivity index (χ0) is 16.5. The van der Waals surface area contributed by atoms with Crippen LogP contribution in [0, 0.1) is 0 Å². The van der Waals surface area contributed by atoms with Crippen LogP contribution in [0.3, 0.4) is 0 Å². The molecule has 1 aromatic carbocycles. The van der Waals surface area contributed by atoms with Crippen molar-refractivity contribution in [2.24, 2.45) is 0 Å². The van der Waals surface area contributed by atoms with E-state index < -0.39 is 30.0 Å². The summed E-state index contributed by atoms with van der Waals surface area (Å²) < 4.78 is 46.6. The van der Waals surface area contributed by atoms with Crippen molar-refractivity contribution in [1.82, 2.24) is 15.0 Å². The maximum Gasteiger partial charge on any atom is 0.252 e. The van der Waals surface area contributed by atoms with Crippen LogP contribution in [0.25, 0.3) is 0 Å². The van der Waals surface area contributed by atoms with Crippen LogP contribution in [-0.2, 0) is 19.7 Å². The van der Waals surface area contributed by atoms with Gasteiger partial charge in [0.25, 0.3) is 10.3 Å². The molecule has 0 aliphatic carbocycles. The van der Waals surface area contributed by atoms with Crippen molar-refractivity contribution in [2.45, 2.75) is 10.3 Å². The maximum absolute atomic E-state index is 11.7. The average molecular weight is 342 g/mol. The fourth-order valence-electron chi connectivity index (χ4n) is 1.58. The van der Waals surface area contributed by atoms with Crippen molar-refractivity contribution < 1.29 is 16.8 Å². The van der Waals surface area contributed by atoms with Gasteiger partial charge in [-0.3, -0.25) is 0 Å². The Morgan fingerprint density at radius 2 is 1.27 bits per heavy atom. The number of sulfone groups is 2. The topological polar surface area (TPSA) is 110 Å². The van der Waals surface area contributed by atoms with Crippen molar-refractivity contribution in [2.75, 3.05) is 24.5 Å². The van der Waals surface area contributed by atoms with E-state index in [4.69, 9.17) is 0 Å². The lowest BCUT2D eigenvalue weighted by molar-refractivity contribution is 0.576. The number of hydrogen-bond donors (Lipinski definition) is 0. The van der Waals surface area contributed by atoms with E-state index in [1.165, 1.54) is 4.90 Å². The van der Waals surface area contributed by atoms with Gasteiger partial charge in [0, 0.05) is 25.2 Å². The van der Waals surface area contributed by atoms with Gasteiger partial charge in [-0.25, -0.2) is 16.8 Å². The number of nitrogens with zero attached hydrogens (tertiary/aromatic N) is 4. The van der Waals surface area contributed by atoms with Crippen molar-refractivity contribution in [3.63, 3.8) is 0 Å². The molecule has 118 valence electrons. The lowest BCUT2D eigenvalue weighted by atomic mass is 10.3. The molecule has 1 aromatic heterocycles. The molecule has 22 heavy (non-hydrogen) atoms. The summed E-state index contributed by atoms with van der Waals surface area (Å²) in [4.78, 5) is 12.7. The summed E-state index contributed by atoms with van der Waals surface area (Å²) in [6.45, 7) is 0. The molecule has 0 saturated carbocycles. The monoisotopic (exact) mass is 342 g/mol. The molecule has 0 unspecified atom stereocenters. The van der Waals surface area contributed by atoms with Crippen LogP contribution in [0.4, 0.5) is 11.6 Å². The molecule has 0 N–H and O–H groups in total. The van der Waals surface area contributed by atoms with E-state index in [2.05, 4.69) is 15.0 Å². The van der Waals surface area contributed by atoms with Crippen LogP contribution in [-0.4, -0.2) is 51.3 Å². The minimum Gasteiger partial charge on any atom is -0.313 e. The van der Waals surface area contributed by atoms with Crippen LogP contribution in [0.1, 0.15) is 0 Å². The van der Waals surface area contributed by atoms with Crippen LogP contribution in [0.2, 0.25) is 0 Å². The molecule has 0 atom stereocenters. The smallest absolute Gasteiger partial charge is 0.252 e. The summed E-state index contributed by atoms with van der Waals surface area (Å²) in [6.07, 6.45) is 1.81. The van der Waals surface area contributed by atoms with Crippen LogP contribution >= 0.6 is 0 Å². The fourth-order valence-corrected chi connectivity index (χ4v) is 2.63. The summed E-state index contributed by atoms with van der Waals surface area (Å²) in [5.74, 6) is -0.0675. The molecule has 0 aliphatic heterocycles. The third-order valence-electron chi connectivity index (χ3n) is 2.69. The van der Waals surface area contributed by atoms with E-state index in [-0.39, 0.29) is 5.95 Å². The van der Waals surface area contributed by atoms with Gasteiger partial charge in [-0.05, 0) is 12.1 Å². The normalized spacial score (nSPS) is 12.1. The van der Waals surface area contributed by atoms with Crippen LogP contribution in [0.15, 0.2) is 40.6 Å². The highest BCUT2D eigenvalue weighted by Gasteiger charge is 2.22. The first-order valence-corrected chi connectivity index (χ1v) is 9.82. The van der Waals surface area contributed by atoms with Crippen molar-refractivity contribution in [1.29, 1.82) is 0 Å². The van der Waals surface area contributed by atoms with Gasteiger partial charge in [-0.1, -0.05) is 18.2 Å².